The molecule has 0 aliphatic carbocycles. The van der Waals surface area contributed by atoms with Crippen molar-refractivity contribution in [1.29, 1.82) is 0 Å². The number of hydrogen-bond acceptors (Lipinski definition) is 14. The smallest absolute Gasteiger partial charge is 0.234 e. The summed E-state index contributed by atoms with van der Waals surface area (Å²) in [5.74, 6) is -0.219. The van der Waals surface area contributed by atoms with E-state index >= 15 is 4.39 Å². The molecule has 0 saturated carbocycles. The number of aromatic nitrogens is 4. The zero-order valence-electron chi connectivity index (χ0n) is 37.6. The lowest BCUT2D eigenvalue weighted by Crippen LogP contribution is -2.60. The first-order valence-electron chi connectivity index (χ1n) is 22.2. The number of nitrogens with one attached hydrogen (secondary N) is 3. The van der Waals surface area contributed by atoms with Crippen LogP contribution in [0.15, 0.2) is 65.5 Å². The minimum Gasteiger partial charge on any atom is -0.494 e. The van der Waals surface area contributed by atoms with E-state index in [0.717, 1.165) is 75.5 Å². The summed E-state index contributed by atoms with van der Waals surface area (Å²) >= 11 is 3.60. The number of nitrogens with zero attached hydrogens (tertiary/aromatic N) is 7. The lowest BCUT2D eigenvalue weighted by Gasteiger charge is -2.48. The van der Waals surface area contributed by atoms with Gasteiger partial charge in [0.15, 0.2) is 0 Å². The molecular formula is C47H57BrFN10O5P. The third-order valence-electron chi connectivity index (χ3n) is 12.8. The maximum atomic E-state index is 15.2. The SMILES string of the molecule is CCc1cc(Nc2ncc(Br)c(Nc3ccc4nccnc4c3P(C)(C)=O)n2)c(OC)cc1N1CCC(N2CCN(CCc3ccc(C4CCC(=O)NC4=O)c(F)c3)CC2COC)CC1. The molecule has 5 aromatic rings. The zero-order chi connectivity index (χ0) is 45.8. The molecule has 2 aromatic heterocycles. The molecule has 3 fully saturated rings. The highest BCUT2D eigenvalue weighted by atomic mass is 79.9. The van der Waals surface area contributed by atoms with Crippen molar-refractivity contribution < 1.29 is 28.0 Å². The van der Waals surface area contributed by atoms with Crippen molar-refractivity contribution >= 4 is 80.1 Å². The highest BCUT2D eigenvalue weighted by Crippen LogP contribution is 2.42. The van der Waals surface area contributed by atoms with E-state index in [-0.39, 0.29) is 18.4 Å². The van der Waals surface area contributed by atoms with Gasteiger partial charge in [0.1, 0.15) is 30.0 Å². The number of piperazine rings is 1. The molecule has 3 aliphatic rings. The fraction of sp³-hybridized carbons (Fsp3) is 0.447. The molecule has 65 heavy (non-hydrogen) atoms. The van der Waals surface area contributed by atoms with Crippen LogP contribution in [-0.2, 0) is 31.7 Å². The summed E-state index contributed by atoms with van der Waals surface area (Å²) in [6.07, 6.45) is 9.00. The summed E-state index contributed by atoms with van der Waals surface area (Å²) < 4.78 is 41.1. The van der Waals surface area contributed by atoms with Crippen LogP contribution < -0.4 is 30.9 Å². The molecule has 0 bridgehead atoms. The number of carbonyl (C=O) groups excluding carboxylic acids is 2. The van der Waals surface area contributed by atoms with E-state index in [1.54, 1.807) is 58.3 Å². The molecule has 3 aliphatic heterocycles. The van der Waals surface area contributed by atoms with Gasteiger partial charge in [0.05, 0.1) is 46.3 Å². The number of anilines is 5. The molecule has 3 saturated heterocycles. The lowest BCUT2D eigenvalue weighted by molar-refractivity contribution is -0.134. The molecule has 2 atom stereocenters. The van der Waals surface area contributed by atoms with Gasteiger partial charge >= 0.3 is 0 Å². The second-order valence-corrected chi connectivity index (χ2v) is 21.4. The molecule has 2 unspecified atom stereocenters. The lowest BCUT2D eigenvalue weighted by atomic mass is 9.89. The number of rotatable bonds is 15. The van der Waals surface area contributed by atoms with E-state index in [2.05, 4.69) is 80.6 Å². The summed E-state index contributed by atoms with van der Waals surface area (Å²) in [4.78, 5) is 49.8. The third kappa shape index (κ3) is 10.5. The fourth-order valence-corrected chi connectivity index (χ4v) is 11.3. The van der Waals surface area contributed by atoms with Gasteiger partial charge < -0.3 is 34.5 Å². The quantitative estimate of drug-likeness (QED) is 0.0726. The van der Waals surface area contributed by atoms with Gasteiger partial charge in [-0.2, -0.15) is 4.98 Å². The largest absolute Gasteiger partial charge is 0.494 e. The van der Waals surface area contributed by atoms with Gasteiger partial charge in [0.2, 0.25) is 17.8 Å². The van der Waals surface area contributed by atoms with E-state index in [4.69, 9.17) is 14.5 Å². The standard InChI is InChI=1S/C47H57BrFN10O5P/c1-6-30-24-39(54-47-52-26-35(48)45(56-47)53-38-11-10-37-43(51-17-16-50-37)44(38)65(4,5)62)41(64-3)25-40(30)58-19-14-31(15-20-58)59-22-21-57(27-32(59)28-63-2)18-13-29-7-8-33(36(49)23-29)34-9-12-42(60)55-46(34)61/h7-8,10-11,16-17,23-26,31-32,34H,6,9,12-15,18-22,27-28H2,1-5H3,(H,55,60,61)(H2,52,53,54,56). The Kier molecular flexibility index (Phi) is 14.5. The van der Waals surface area contributed by atoms with E-state index in [1.165, 1.54) is 5.56 Å². The van der Waals surface area contributed by atoms with Gasteiger partial charge in [0, 0.05) is 101 Å². The molecule has 2 amide bonds. The Labute approximate surface area is 387 Å². The predicted molar refractivity (Wildman–Crippen MR) is 257 cm³/mol. The number of ether oxygens (including phenoxy) is 2. The van der Waals surface area contributed by atoms with Crippen LogP contribution in [-0.4, -0.2) is 127 Å². The average molecular weight is 972 g/mol. The van der Waals surface area contributed by atoms with Crippen LogP contribution in [0.25, 0.3) is 11.0 Å². The van der Waals surface area contributed by atoms with Crippen molar-refractivity contribution in [2.75, 3.05) is 89.0 Å². The molecule has 344 valence electrons. The Morgan fingerprint density at radius 1 is 0.954 bits per heavy atom. The monoisotopic (exact) mass is 970 g/mol. The van der Waals surface area contributed by atoms with Crippen molar-refractivity contribution in [3.05, 3.63) is 88.0 Å². The number of halogens is 2. The topological polar surface area (TPSA) is 167 Å². The van der Waals surface area contributed by atoms with Crippen molar-refractivity contribution in [3.8, 4) is 5.75 Å². The normalized spacial score (nSPS) is 19.1. The Morgan fingerprint density at radius 3 is 2.48 bits per heavy atom. The highest BCUT2D eigenvalue weighted by molar-refractivity contribution is 9.10. The van der Waals surface area contributed by atoms with Gasteiger partial charge in [-0.25, -0.2) is 9.37 Å². The first-order valence-corrected chi connectivity index (χ1v) is 25.6. The molecule has 15 nitrogen and oxygen atoms in total. The van der Waals surface area contributed by atoms with Crippen LogP contribution in [0.4, 0.5) is 33.2 Å². The first kappa shape index (κ1) is 46.5. The van der Waals surface area contributed by atoms with Gasteiger partial charge in [-0.05, 0) is 96.8 Å². The number of aryl methyl sites for hydroxylation is 1. The number of fused-ring (bicyclic) bond motifs is 1. The summed E-state index contributed by atoms with van der Waals surface area (Å²) in [5, 5.41) is 9.72. The molecule has 8 rings (SSSR count). The molecule has 3 aromatic carbocycles. The van der Waals surface area contributed by atoms with E-state index in [0.29, 0.717) is 75.1 Å². The van der Waals surface area contributed by atoms with Crippen LogP contribution in [0, 0.1) is 5.82 Å². The van der Waals surface area contributed by atoms with Crippen molar-refractivity contribution in [3.63, 3.8) is 0 Å². The van der Waals surface area contributed by atoms with Crippen molar-refractivity contribution in [1.82, 2.24) is 35.1 Å². The molecule has 18 heteroatoms. The summed E-state index contributed by atoms with van der Waals surface area (Å²) in [6.45, 7) is 11.6. The van der Waals surface area contributed by atoms with Crippen LogP contribution >= 0.6 is 23.1 Å². The molecule has 0 radical (unpaired) electrons. The molecule has 3 N–H and O–H groups in total. The second-order valence-electron chi connectivity index (χ2n) is 17.4. The Balaban J connectivity index is 0.897. The van der Waals surface area contributed by atoms with E-state index in [9.17, 15) is 14.2 Å². The van der Waals surface area contributed by atoms with Crippen LogP contribution in [0.1, 0.15) is 55.2 Å². The maximum Gasteiger partial charge on any atom is 0.234 e. The number of piperidine rings is 2. The van der Waals surface area contributed by atoms with Crippen LogP contribution in [0.2, 0.25) is 0 Å². The summed E-state index contributed by atoms with van der Waals surface area (Å²) in [5.41, 5.74) is 6.22. The third-order valence-corrected chi connectivity index (χ3v) is 14.9. The predicted octanol–water partition coefficient (Wildman–Crippen LogP) is 6.99. The Bertz CT molecular complexity index is 2610. The number of hydrogen-bond donors (Lipinski definition) is 3. The number of imide groups is 1. The maximum absolute atomic E-state index is 15.2. The van der Waals surface area contributed by atoms with E-state index in [1.807, 2.05) is 18.2 Å². The van der Waals surface area contributed by atoms with Gasteiger partial charge in [-0.1, -0.05) is 19.1 Å². The molecule has 5 heterocycles. The minimum absolute atomic E-state index is 0.219. The number of benzene rings is 3. The average Bonchev–Trinajstić information content (AvgIpc) is 3.29. The Hall–Kier alpha value is -5.06. The molecule has 0 spiro atoms. The van der Waals surface area contributed by atoms with Crippen LogP contribution in [0.3, 0.4) is 0 Å². The Morgan fingerprint density at radius 2 is 1.75 bits per heavy atom. The second kappa shape index (κ2) is 20.2. The first-order chi connectivity index (χ1) is 31.3. The minimum atomic E-state index is -2.79. The number of methoxy groups -OCH3 is 2. The zero-order valence-corrected chi connectivity index (χ0v) is 40.1. The van der Waals surface area contributed by atoms with Gasteiger partial charge in [0.25, 0.3) is 0 Å². The highest BCUT2D eigenvalue weighted by Gasteiger charge is 2.35. The van der Waals surface area contributed by atoms with Gasteiger partial charge in [-0.3, -0.25) is 29.8 Å². The number of amides is 2. The van der Waals surface area contributed by atoms with Gasteiger partial charge in [-0.15, -0.1) is 0 Å². The van der Waals surface area contributed by atoms with Crippen molar-refractivity contribution in [2.24, 2.45) is 0 Å². The molecular weight excluding hydrogens is 914 g/mol. The van der Waals surface area contributed by atoms with Crippen molar-refractivity contribution in [2.45, 2.75) is 63.5 Å². The summed E-state index contributed by atoms with van der Waals surface area (Å²) in [7, 11) is 0.646. The number of carbonyl (C=O) groups is 2. The summed E-state index contributed by atoms with van der Waals surface area (Å²) in [6, 6.07) is 13.8. The van der Waals surface area contributed by atoms with E-state index < -0.39 is 24.8 Å². The fourth-order valence-electron chi connectivity index (χ4n) is 9.57. The van der Waals surface area contributed by atoms with Crippen LogP contribution in [0.5, 0.6) is 5.75 Å².